The van der Waals surface area contributed by atoms with Crippen molar-refractivity contribution < 1.29 is 0 Å². The van der Waals surface area contributed by atoms with Crippen LogP contribution in [0.15, 0.2) is 17.1 Å². The molecule has 2 aromatic rings. The van der Waals surface area contributed by atoms with E-state index >= 15 is 0 Å². The zero-order valence-corrected chi connectivity index (χ0v) is 6.53. The van der Waals surface area contributed by atoms with E-state index < -0.39 is 0 Å². The summed E-state index contributed by atoms with van der Waals surface area (Å²) >= 11 is 0. The van der Waals surface area contributed by atoms with Gasteiger partial charge in [0.05, 0.1) is 0 Å². The van der Waals surface area contributed by atoms with Crippen molar-refractivity contribution >= 4 is 11.5 Å². The minimum absolute atomic E-state index is 0.148. The lowest BCUT2D eigenvalue weighted by Gasteiger charge is -1.89. The molecule has 62 valence electrons. The van der Waals surface area contributed by atoms with E-state index in [1.54, 1.807) is 10.7 Å². The molecule has 0 atom stereocenters. The molecule has 0 bridgehead atoms. The Morgan fingerprint density at radius 2 is 2.42 bits per heavy atom. The molecular formula is C7H8N4O. The van der Waals surface area contributed by atoms with Crippen LogP contribution in [0, 0.1) is 6.92 Å². The average molecular weight is 164 g/mol. The number of nitrogens with one attached hydrogen (secondary N) is 1. The van der Waals surface area contributed by atoms with Gasteiger partial charge in [-0.25, -0.2) is 4.52 Å². The minimum atomic E-state index is -0.148. The highest BCUT2D eigenvalue weighted by atomic mass is 16.1. The maximum atomic E-state index is 10.9. The Morgan fingerprint density at radius 1 is 1.67 bits per heavy atom. The van der Waals surface area contributed by atoms with Crippen LogP contribution < -0.4 is 11.3 Å². The summed E-state index contributed by atoms with van der Waals surface area (Å²) < 4.78 is 1.55. The van der Waals surface area contributed by atoms with Gasteiger partial charge in [-0.05, 0) is 6.92 Å². The maximum absolute atomic E-state index is 10.9. The van der Waals surface area contributed by atoms with Crippen molar-refractivity contribution in [2.45, 2.75) is 6.92 Å². The highest BCUT2D eigenvalue weighted by molar-refractivity contribution is 5.57. The monoisotopic (exact) mass is 164 g/mol. The molecule has 0 aliphatic heterocycles. The number of nitrogens with two attached hydrogens (primary N) is 1. The van der Waals surface area contributed by atoms with Gasteiger partial charge in [-0.3, -0.25) is 4.79 Å². The second-order valence-corrected chi connectivity index (χ2v) is 2.61. The molecule has 5 nitrogen and oxygen atoms in total. The molecule has 0 fully saturated rings. The number of fused-ring (bicyclic) bond motifs is 1. The van der Waals surface area contributed by atoms with Gasteiger partial charge >= 0.3 is 0 Å². The Morgan fingerprint density at radius 3 is 3.17 bits per heavy atom. The molecular weight excluding hydrogens is 156 g/mol. The first kappa shape index (κ1) is 6.90. The van der Waals surface area contributed by atoms with Crippen LogP contribution >= 0.6 is 0 Å². The van der Waals surface area contributed by atoms with E-state index in [0.717, 1.165) is 5.56 Å². The van der Waals surface area contributed by atoms with Gasteiger partial charge < -0.3 is 10.7 Å². The lowest BCUT2D eigenvalue weighted by atomic mass is 10.3. The number of hydrogen-bond donors (Lipinski definition) is 2. The van der Waals surface area contributed by atoms with Gasteiger partial charge in [0.1, 0.15) is 5.65 Å². The van der Waals surface area contributed by atoms with E-state index in [4.69, 9.17) is 5.73 Å². The van der Waals surface area contributed by atoms with Gasteiger partial charge in [0.25, 0.3) is 5.56 Å². The fourth-order valence-electron chi connectivity index (χ4n) is 1.09. The number of anilines is 1. The van der Waals surface area contributed by atoms with Gasteiger partial charge in [0, 0.05) is 17.8 Å². The van der Waals surface area contributed by atoms with Crippen molar-refractivity contribution in [3.05, 3.63) is 28.2 Å². The first-order valence-corrected chi connectivity index (χ1v) is 3.52. The molecule has 3 N–H and O–H groups in total. The van der Waals surface area contributed by atoms with Crippen LogP contribution in [0.5, 0.6) is 0 Å². The normalized spacial score (nSPS) is 10.8. The van der Waals surface area contributed by atoms with Crippen LogP contribution in [-0.2, 0) is 0 Å². The highest BCUT2D eigenvalue weighted by Gasteiger charge is 2.04. The first-order valence-electron chi connectivity index (χ1n) is 3.52. The predicted octanol–water partition coefficient (Wildman–Crippen LogP) is -0.0868. The van der Waals surface area contributed by atoms with Gasteiger partial charge in [-0.2, -0.15) is 0 Å². The van der Waals surface area contributed by atoms with Crippen molar-refractivity contribution in [2.75, 3.05) is 5.73 Å². The summed E-state index contributed by atoms with van der Waals surface area (Å²) in [6.45, 7) is 1.81. The van der Waals surface area contributed by atoms with Crippen LogP contribution in [0.3, 0.4) is 0 Å². The summed E-state index contributed by atoms with van der Waals surface area (Å²) in [6.07, 6.45) is 1.58. The number of rotatable bonds is 0. The molecule has 0 aliphatic carbocycles. The number of aromatic amines is 1. The zero-order valence-electron chi connectivity index (χ0n) is 6.53. The molecule has 12 heavy (non-hydrogen) atoms. The molecule has 0 saturated carbocycles. The topological polar surface area (TPSA) is 76.2 Å². The van der Waals surface area contributed by atoms with E-state index in [2.05, 4.69) is 10.1 Å². The first-order chi connectivity index (χ1) is 5.68. The lowest BCUT2D eigenvalue weighted by molar-refractivity contribution is 0.936. The molecule has 0 amide bonds. The highest BCUT2D eigenvalue weighted by Crippen LogP contribution is 2.11. The summed E-state index contributed by atoms with van der Waals surface area (Å²) in [4.78, 5) is 13.6. The molecule has 0 radical (unpaired) electrons. The van der Waals surface area contributed by atoms with Gasteiger partial charge in [0.2, 0.25) is 0 Å². The Kier molecular flexibility index (Phi) is 1.21. The Hall–Kier alpha value is -1.78. The molecule has 5 heteroatoms. The van der Waals surface area contributed by atoms with E-state index in [9.17, 15) is 4.79 Å². The largest absolute Gasteiger partial charge is 0.382 e. The van der Waals surface area contributed by atoms with Crippen molar-refractivity contribution in [3.63, 3.8) is 0 Å². The summed E-state index contributed by atoms with van der Waals surface area (Å²) in [5, 5.41) is 3.98. The molecule has 0 saturated heterocycles. The molecule has 2 heterocycles. The third-order valence-corrected chi connectivity index (χ3v) is 1.79. The van der Waals surface area contributed by atoms with Crippen LogP contribution in [0.25, 0.3) is 5.65 Å². The second-order valence-electron chi connectivity index (χ2n) is 2.61. The van der Waals surface area contributed by atoms with Crippen molar-refractivity contribution in [1.29, 1.82) is 0 Å². The zero-order chi connectivity index (χ0) is 8.72. The number of hydrogen-bond acceptors (Lipinski definition) is 3. The third kappa shape index (κ3) is 0.795. The van der Waals surface area contributed by atoms with Gasteiger partial charge in [0.15, 0.2) is 5.82 Å². The van der Waals surface area contributed by atoms with E-state index in [-0.39, 0.29) is 5.56 Å². The standard InChI is InChI=1S/C7H8N4O/c1-4-6(8)10-11-3-2-5(12)9-7(4)11/h2-3H,1H3,(H2,8,10)(H,9,12). The number of aromatic nitrogens is 3. The quantitative estimate of drug-likeness (QED) is 0.571. The predicted molar refractivity (Wildman–Crippen MR) is 45.0 cm³/mol. The number of nitrogen functional groups attached to an aromatic ring is 1. The fraction of sp³-hybridized carbons (Fsp3) is 0.143. The molecule has 0 unspecified atom stereocenters. The van der Waals surface area contributed by atoms with Crippen molar-refractivity contribution in [3.8, 4) is 0 Å². The third-order valence-electron chi connectivity index (χ3n) is 1.79. The smallest absolute Gasteiger partial charge is 0.251 e. The second kappa shape index (κ2) is 2.10. The number of H-pyrrole nitrogens is 1. The summed E-state index contributed by atoms with van der Waals surface area (Å²) in [6, 6.07) is 1.40. The Bertz CT molecular complexity index is 482. The van der Waals surface area contributed by atoms with Crippen LogP contribution in [-0.4, -0.2) is 14.6 Å². The maximum Gasteiger partial charge on any atom is 0.251 e. The fourth-order valence-corrected chi connectivity index (χ4v) is 1.09. The van der Waals surface area contributed by atoms with Crippen LogP contribution in [0.1, 0.15) is 5.56 Å². The van der Waals surface area contributed by atoms with Crippen molar-refractivity contribution in [2.24, 2.45) is 0 Å². The van der Waals surface area contributed by atoms with Crippen LogP contribution in [0.4, 0.5) is 5.82 Å². The van der Waals surface area contributed by atoms with E-state index in [1.165, 1.54) is 6.07 Å². The number of aryl methyl sites for hydroxylation is 1. The van der Waals surface area contributed by atoms with E-state index in [0.29, 0.717) is 11.5 Å². The van der Waals surface area contributed by atoms with Gasteiger partial charge in [-0.1, -0.05) is 0 Å². The lowest BCUT2D eigenvalue weighted by Crippen LogP contribution is -2.05. The SMILES string of the molecule is Cc1c(N)nn2ccc(=O)[nH]c12. The minimum Gasteiger partial charge on any atom is -0.382 e. The molecule has 2 aromatic heterocycles. The molecule has 2 rings (SSSR count). The molecule has 0 aliphatic rings. The Balaban J connectivity index is 2.98. The van der Waals surface area contributed by atoms with Crippen molar-refractivity contribution in [1.82, 2.24) is 14.6 Å². The van der Waals surface area contributed by atoms with Gasteiger partial charge in [-0.15, -0.1) is 5.10 Å². The summed E-state index contributed by atoms with van der Waals surface area (Å²) in [5.41, 5.74) is 6.85. The number of nitrogens with zero attached hydrogens (tertiary/aromatic N) is 2. The molecule has 0 aromatic carbocycles. The average Bonchev–Trinajstić information content (AvgIpc) is 2.31. The van der Waals surface area contributed by atoms with E-state index in [1.807, 2.05) is 6.92 Å². The summed E-state index contributed by atoms with van der Waals surface area (Å²) in [7, 11) is 0. The molecule has 0 spiro atoms. The van der Waals surface area contributed by atoms with Crippen LogP contribution in [0.2, 0.25) is 0 Å². The Labute approximate surface area is 67.8 Å². The summed E-state index contributed by atoms with van der Waals surface area (Å²) in [5.74, 6) is 0.442.